The van der Waals surface area contributed by atoms with E-state index in [1.54, 1.807) is 0 Å². The van der Waals surface area contributed by atoms with Crippen molar-refractivity contribution in [2.45, 2.75) is 52.0 Å². The Labute approximate surface area is 98.9 Å². The average molecular weight is 227 g/mol. The van der Waals surface area contributed by atoms with E-state index in [1.807, 2.05) is 0 Å². The molecule has 0 amide bonds. The Kier molecular flexibility index (Phi) is 5.42. The van der Waals surface area contributed by atoms with Crippen molar-refractivity contribution in [2.75, 3.05) is 19.8 Å². The summed E-state index contributed by atoms with van der Waals surface area (Å²) in [6.45, 7) is 8.82. The maximum atomic E-state index is 11.7. The minimum absolute atomic E-state index is 0.110. The summed E-state index contributed by atoms with van der Waals surface area (Å²) in [4.78, 5) is 11.7. The molecule has 1 heterocycles. The van der Waals surface area contributed by atoms with Crippen molar-refractivity contribution in [3.05, 3.63) is 0 Å². The second-order valence-corrected chi connectivity index (χ2v) is 5.73. The topological polar surface area (TPSA) is 38.3 Å². The van der Waals surface area contributed by atoms with Crippen molar-refractivity contribution in [3.8, 4) is 0 Å². The molecule has 0 bridgehead atoms. The van der Waals surface area contributed by atoms with E-state index in [9.17, 15) is 4.79 Å². The lowest BCUT2D eigenvalue weighted by molar-refractivity contribution is -0.120. The van der Waals surface area contributed by atoms with Crippen LogP contribution in [0.25, 0.3) is 0 Å². The first-order chi connectivity index (χ1) is 7.47. The molecule has 1 N–H and O–H groups in total. The maximum Gasteiger partial charge on any atom is 0.134 e. The fraction of sp³-hybridized carbons (Fsp3) is 0.923. The summed E-state index contributed by atoms with van der Waals surface area (Å²) in [5.74, 6) is 0.958. The Hall–Kier alpha value is -0.410. The van der Waals surface area contributed by atoms with Gasteiger partial charge in [-0.2, -0.15) is 0 Å². The molecular weight excluding hydrogens is 202 g/mol. The van der Waals surface area contributed by atoms with Gasteiger partial charge < -0.3 is 10.1 Å². The molecule has 1 aliphatic rings. The summed E-state index contributed by atoms with van der Waals surface area (Å²) in [7, 11) is 0. The Balaban J connectivity index is 2.10. The Bertz CT molecular complexity index is 214. The SMILES string of the molecule is CC(C)(C)NCCC(=O)CC1CCOCC1. The highest BCUT2D eigenvalue weighted by Gasteiger charge is 2.17. The van der Waals surface area contributed by atoms with Gasteiger partial charge in [0.2, 0.25) is 0 Å². The normalized spacial score (nSPS) is 18.7. The zero-order valence-electron chi connectivity index (χ0n) is 10.8. The van der Waals surface area contributed by atoms with Crippen LogP contribution in [0, 0.1) is 5.92 Å². The lowest BCUT2D eigenvalue weighted by Gasteiger charge is -2.22. The largest absolute Gasteiger partial charge is 0.381 e. The van der Waals surface area contributed by atoms with Crippen LogP contribution >= 0.6 is 0 Å². The van der Waals surface area contributed by atoms with Gasteiger partial charge in [0.15, 0.2) is 0 Å². The third kappa shape index (κ3) is 6.23. The van der Waals surface area contributed by atoms with Gasteiger partial charge in [0.25, 0.3) is 0 Å². The molecule has 0 unspecified atom stereocenters. The number of ketones is 1. The summed E-state index contributed by atoms with van der Waals surface area (Å²) in [5, 5.41) is 3.34. The zero-order chi connectivity index (χ0) is 12.0. The third-order valence-corrected chi connectivity index (χ3v) is 2.92. The van der Waals surface area contributed by atoms with Gasteiger partial charge >= 0.3 is 0 Å². The van der Waals surface area contributed by atoms with Gasteiger partial charge in [-0.1, -0.05) is 0 Å². The molecule has 0 aromatic carbocycles. The van der Waals surface area contributed by atoms with Crippen molar-refractivity contribution < 1.29 is 9.53 Å². The molecule has 0 aromatic rings. The van der Waals surface area contributed by atoms with Crippen molar-refractivity contribution in [2.24, 2.45) is 5.92 Å². The van der Waals surface area contributed by atoms with Gasteiger partial charge in [0.1, 0.15) is 5.78 Å². The van der Waals surface area contributed by atoms with Crippen LogP contribution in [0.4, 0.5) is 0 Å². The van der Waals surface area contributed by atoms with E-state index >= 15 is 0 Å². The fourth-order valence-electron chi connectivity index (χ4n) is 1.95. The molecule has 1 saturated heterocycles. The van der Waals surface area contributed by atoms with Crippen LogP contribution in [0.3, 0.4) is 0 Å². The maximum absolute atomic E-state index is 11.7. The molecule has 0 radical (unpaired) electrons. The number of ether oxygens (including phenoxy) is 1. The van der Waals surface area contributed by atoms with Gasteiger partial charge in [-0.15, -0.1) is 0 Å². The van der Waals surface area contributed by atoms with Gasteiger partial charge in [-0.3, -0.25) is 4.79 Å². The minimum Gasteiger partial charge on any atom is -0.381 e. The first-order valence-electron chi connectivity index (χ1n) is 6.32. The van der Waals surface area contributed by atoms with E-state index in [-0.39, 0.29) is 5.54 Å². The van der Waals surface area contributed by atoms with Gasteiger partial charge in [0, 0.05) is 38.1 Å². The standard InChI is InChI=1S/C13H25NO2/c1-13(2,3)14-7-4-12(15)10-11-5-8-16-9-6-11/h11,14H,4-10H2,1-3H3. The summed E-state index contributed by atoms with van der Waals surface area (Å²) < 4.78 is 5.28. The lowest BCUT2D eigenvalue weighted by atomic mass is 9.93. The molecule has 3 nitrogen and oxygen atoms in total. The molecule has 94 valence electrons. The number of Topliss-reactive ketones (excluding diaryl/α,β-unsaturated/α-hetero) is 1. The number of hydrogen-bond donors (Lipinski definition) is 1. The Morgan fingerprint density at radius 1 is 1.31 bits per heavy atom. The van der Waals surface area contributed by atoms with Crippen molar-refractivity contribution in [1.82, 2.24) is 5.32 Å². The van der Waals surface area contributed by atoms with Crippen molar-refractivity contribution >= 4 is 5.78 Å². The highest BCUT2D eigenvalue weighted by Crippen LogP contribution is 2.19. The average Bonchev–Trinajstić information content (AvgIpc) is 2.17. The van der Waals surface area contributed by atoms with Gasteiger partial charge in [-0.05, 0) is 39.5 Å². The second-order valence-electron chi connectivity index (χ2n) is 5.73. The van der Waals surface area contributed by atoms with Crippen LogP contribution in [-0.2, 0) is 9.53 Å². The molecule has 0 aliphatic carbocycles. The van der Waals surface area contributed by atoms with E-state index in [1.165, 1.54) is 0 Å². The Morgan fingerprint density at radius 2 is 1.94 bits per heavy atom. The second kappa shape index (κ2) is 6.36. The molecule has 0 aromatic heterocycles. The van der Waals surface area contributed by atoms with Crippen molar-refractivity contribution in [3.63, 3.8) is 0 Å². The smallest absolute Gasteiger partial charge is 0.134 e. The number of carbonyl (C=O) groups is 1. The molecule has 3 heteroatoms. The number of nitrogens with one attached hydrogen (secondary N) is 1. The molecule has 1 rings (SSSR count). The summed E-state index contributed by atoms with van der Waals surface area (Å²) in [6.07, 6.45) is 3.51. The van der Waals surface area contributed by atoms with E-state index < -0.39 is 0 Å². The first-order valence-corrected chi connectivity index (χ1v) is 6.32. The third-order valence-electron chi connectivity index (χ3n) is 2.92. The zero-order valence-corrected chi connectivity index (χ0v) is 10.8. The monoisotopic (exact) mass is 227 g/mol. The molecular formula is C13H25NO2. The van der Waals surface area contributed by atoms with Crippen LogP contribution in [-0.4, -0.2) is 31.1 Å². The van der Waals surface area contributed by atoms with Crippen LogP contribution in [0.1, 0.15) is 46.5 Å². The van der Waals surface area contributed by atoms with Crippen molar-refractivity contribution in [1.29, 1.82) is 0 Å². The van der Waals surface area contributed by atoms with E-state index in [0.29, 0.717) is 18.1 Å². The van der Waals surface area contributed by atoms with Crippen LogP contribution in [0.2, 0.25) is 0 Å². The quantitative estimate of drug-likeness (QED) is 0.782. The summed E-state index contributed by atoms with van der Waals surface area (Å²) in [6, 6.07) is 0. The van der Waals surface area contributed by atoms with Crippen LogP contribution in [0.15, 0.2) is 0 Å². The first kappa shape index (κ1) is 13.7. The number of carbonyl (C=O) groups excluding carboxylic acids is 1. The highest BCUT2D eigenvalue weighted by atomic mass is 16.5. The predicted molar refractivity (Wildman–Crippen MR) is 65.5 cm³/mol. The van der Waals surface area contributed by atoms with Gasteiger partial charge in [-0.25, -0.2) is 0 Å². The van der Waals surface area contributed by atoms with Crippen LogP contribution in [0.5, 0.6) is 0 Å². The molecule has 1 fully saturated rings. The highest BCUT2D eigenvalue weighted by molar-refractivity contribution is 5.78. The number of hydrogen-bond acceptors (Lipinski definition) is 3. The number of rotatable bonds is 5. The van der Waals surface area contributed by atoms with E-state index in [0.717, 1.165) is 39.0 Å². The van der Waals surface area contributed by atoms with Gasteiger partial charge in [0.05, 0.1) is 0 Å². The molecule has 1 aliphatic heterocycles. The summed E-state index contributed by atoms with van der Waals surface area (Å²) in [5.41, 5.74) is 0.110. The van der Waals surface area contributed by atoms with E-state index in [4.69, 9.17) is 4.74 Å². The molecule has 0 saturated carbocycles. The molecule has 0 spiro atoms. The Morgan fingerprint density at radius 3 is 2.50 bits per heavy atom. The minimum atomic E-state index is 0.110. The fourth-order valence-corrected chi connectivity index (χ4v) is 1.95. The predicted octanol–water partition coefficient (Wildman–Crippen LogP) is 2.15. The summed E-state index contributed by atoms with van der Waals surface area (Å²) >= 11 is 0. The lowest BCUT2D eigenvalue weighted by Crippen LogP contribution is -2.37. The molecule has 16 heavy (non-hydrogen) atoms. The van der Waals surface area contributed by atoms with Crippen LogP contribution < -0.4 is 5.32 Å². The van der Waals surface area contributed by atoms with E-state index in [2.05, 4.69) is 26.1 Å². The molecule has 0 atom stereocenters.